The van der Waals surface area contributed by atoms with Gasteiger partial charge in [0.2, 0.25) is 0 Å². The summed E-state index contributed by atoms with van der Waals surface area (Å²) in [5.41, 5.74) is 5.82. The zero-order chi connectivity index (χ0) is 46.4. The Hall–Kier alpha value is -7.27. The lowest BCUT2D eigenvalue weighted by Crippen LogP contribution is -2.32. The van der Waals surface area contributed by atoms with E-state index in [1.54, 1.807) is 88.2 Å². The first-order valence-corrected chi connectivity index (χ1v) is 21.2. The molecule has 1 aliphatic rings. The van der Waals surface area contributed by atoms with Gasteiger partial charge in [-0.2, -0.15) is 22.8 Å². The van der Waals surface area contributed by atoms with Crippen LogP contribution in [0.25, 0.3) is 11.3 Å². The largest absolute Gasteiger partial charge is 0.573 e. The van der Waals surface area contributed by atoms with Crippen molar-refractivity contribution < 1.29 is 40.6 Å². The predicted molar refractivity (Wildman–Crippen MR) is 239 cm³/mol. The number of fused-ring (bicyclic) bond motifs is 2. The Balaban J connectivity index is 0.000000192. The van der Waals surface area contributed by atoms with Crippen LogP contribution in [-0.4, -0.2) is 49.3 Å². The highest BCUT2D eigenvalue weighted by Gasteiger charge is 2.32. The molecule has 340 valence electrons. The molecular formula is C48H41ClF6N8O3. The van der Waals surface area contributed by atoms with Crippen LogP contribution in [0.2, 0.25) is 5.02 Å². The highest BCUT2D eigenvalue weighted by molar-refractivity contribution is 6.30. The fourth-order valence-corrected chi connectivity index (χ4v) is 7.75. The van der Waals surface area contributed by atoms with Crippen LogP contribution < -0.4 is 25.0 Å². The minimum Gasteiger partial charge on any atom is -0.457 e. The van der Waals surface area contributed by atoms with E-state index in [9.17, 15) is 31.1 Å². The summed E-state index contributed by atoms with van der Waals surface area (Å²) in [6.07, 6.45) is -1.57. The predicted octanol–water partition coefficient (Wildman–Crippen LogP) is 12.0. The SMILES string of the molecule is CCc1nc2ccc(Cl)cn2c1C(=O)NCc1ccc(N2CCC(c3ccc(OC(F)(F)F)cc3)CC2)cc1.FC(F)(F)c1ccc(Oc2ccc(Nc3ccnc4ccnn34)cc2)cc1. The zero-order valence-electron chi connectivity index (χ0n) is 35.2. The molecule has 0 unspecified atom stereocenters. The zero-order valence-corrected chi connectivity index (χ0v) is 35.9. The minimum absolute atomic E-state index is 0.200. The van der Waals surface area contributed by atoms with Crippen molar-refractivity contribution in [2.45, 2.75) is 51.2 Å². The van der Waals surface area contributed by atoms with E-state index in [0.29, 0.717) is 40.8 Å². The van der Waals surface area contributed by atoms with Crippen molar-refractivity contribution in [3.8, 4) is 17.2 Å². The third kappa shape index (κ3) is 11.1. The maximum Gasteiger partial charge on any atom is 0.573 e. The van der Waals surface area contributed by atoms with Gasteiger partial charge in [0.15, 0.2) is 5.65 Å². The molecule has 8 aromatic rings. The van der Waals surface area contributed by atoms with Gasteiger partial charge in [0, 0.05) is 49.5 Å². The average Bonchev–Trinajstić information content (AvgIpc) is 3.95. The van der Waals surface area contributed by atoms with Gasteiger partial charge in [-0.15, -0.1) is 13.2 Å². The molecule has 1 fully saturated rings. The number of carbonyl (C=O) groups is 1. The third-order valence-corrected chi connectivity index (χ3v) is 11.1. The van der Waals surface area contributed by atoms with Gasteiger partial charge in [0.05, 0.1) is 22.5 Å². The summed E-state index contributed by atoms with van der Waals surface area (Å²) in [4.78, 5) is 24.1. The van der Waals surface area contributed by atoms with E-state index >= 15 is 0 Å². The molecule has 1 amide bonds. The second-order valence-electron chi connectivity index (χ2n) is 15.3. The molecule has 1 aliphatic heterocycles. The molecular weight excluding hydrogens is 886 g/mol. The van der Waals surface area contributed by atoms with Crippen LogP contribution >= 0.6 is 11.6 Å². The van der Waals surface area contributed by atoms with Crippen LogP contribution in [0.3, 0.4) is 0 Å². The molecule has 4 aromatic carbocycles. The van der Waals surface area contributed by atoms with Gasteiger partial charge in [-0.25, -0.2) is 9.97 Å². The number of aromatic nitrogens is 5. The minimum atomic E-state index is -4.68. The number of pyridine rings is 1. The van der Waals surface area contributed by atoms with Crippen LogP contribution in [-0.2, 0) is 19.1 Å². The van der Waals surface area contributed by atoms with Gasteiger partial charge in [0.25, 0.3) is 5.91 Å². The van der Waals surface area contributed by atoms with E-state index < -0.39 is 18.1 Å². The van der Waals surface area contributed by atoms with E-state index in [0.717, 1.165) is 77.7 Å². The summed E-state index contributed by atoms with van der Waals surface area (Å²) in [6.45, 7) is 4.04. The molecule has 66 heavy (non-hydrogen) atoms. The van der Waals surface area contributed by atoms with Crippen LogP contribution in [0.5, 0.6) is 17.2 Å². The molecule has 18 heteroatoms. The third-order valence-electron chi connectivity index (χ3n) is 10.9. The number of hydrogen-bond donors (Lipinski definition) is 2. The average molecular weight is 927 g/mol. The number of ether oxygens (including phenoxy) is 2. The quantitative estimate of drug-likeness (QED) is 0.123. The van der Waals surface area contributed by atoms with Gasteiger partial charge in [-0.1, -0.05) is 42.8 Å². The van der Waals surface area contributed by atoms with Crippen LogP contribution in [0.15, 0.2) is 140 Å². The first-order chi connectivity index (χ1) is 31.7. The Kier molecular flexibility index (Phi) is 13.4. The monoisotopic (exact) mass is 926 g/mol. The van der Waals surface area contributed by atoms with Crippen molar-refractivity contribution in [3.05, 3.63) is 173 Å². The number of imidazole rings is 1. The molecule has 1 saturated heterocycles. The maximum absolute atomic E-state index is 13.0. The fourth-order valence-electron chi connectivity index (χ4n) is 7.59. The number of benzene rings is 4. The Labute approximate surface area is 379 Å². The number of halogens is 7. The Morgan fingerprint density at radius 3 is 2.09 bits per heavy atom. The van der Waals surface area contributed by atoms with Crippen molar-refractivity contribution in [2.24, 2.45) is 0 Å². The summed E-state index contributed by atoms with van der Waals surface area (Å²) in [6, 6.07) is 33.1. The number of nitrogens with one attached hydrogen (secondary N) is 2. The van der Waals surface area contributed by atoms with E-state index in [1.165, 1.54) is 24.3 Å². The van der Waals surface area contributed by atoms with Gasteiger partial charge in [0.1, 0.15) is 34.4 Å². The molecule has 0 saturated carbocycles. The maximum atomic E-state index is 13.0. The number of nitrogens with zero attached hydrogens (tertiary/aromatic N) is 6. The van der Waals surface area contributed by atoms with Crippen molar-refractivity contribution >= 4 is 46.0 Å². The number of anilines is 3. The van der Waals surface area contributed by atoms with Gasteiger partial charge in [-0.3, -0.25) is 9.20 Å². The summed E-state index contributed by atoms with van der Waals surface area (Å²) >= 11 is 6.14. The van der Waals surface area contributed by atoms with Gasteiger partial charge in [-0.05, 0) is 127 Å². The summed E-state index contributed by atoms with van der Waals surface area (Å²) in [5, 5.41) is 11.0. The number of aryl methyl sites for hydroxylation is 1. The standard InChI is InChI=1S/C29H28ClF3N4O2.C19H13F3N4O/c1-2-25-27(37-18-22(30)7-12-26(37)35-25)28(38)34-17-19-3-8-23(9-4-19)36-15-13-21(14-16-36)20-5-10-24(11-6-20)39-29(31,32)33;20-19(21,22)13-1-5-15(6-2-13)27-16-7-3-14(4-8-16)25-18-9-11-23-17-10-12-24-26(17)18/h3-12,18,21H,2,13-17H2,1H3,(H,34,38);1-12,25H. The lowest BCUT2D eigenvalue weighted by Gasteiger charge is -2.34. The van der Waals surface area contributed by atoms with Gasteiger partial charge >= 0.3 is 12.5 Å². The smallest absolute Gasteiger partial charge is 0.457 e. The molecule has 11 nitrogen and oxygen atoms in total. The number of rotatable bonds is 11. The Morgan fingerprint density at radius 1 is 0.773 bits per heavy atom. The molecule has 9 rings (SSSR count). The highest BCUT2D eigenvalue weighted by Crippen LogP contribution is 2.34. The Bertz CT molecular complexity index is 2900. The lowest BCUT2D eigenvalue weighted by molar-refractivity contribution is -0.274. The molecule has 0 bridgehead atoms. The molecule has 0 atom stereocenters. The number of amides is 1. The molecule has 4 aromatic heterocycles. The normalized spacial score (nSPS) is 13.3. The summed E-state index contributed by atoms with van der Waals surface area (Å²) in [7, 11) is 0. The van der Waals surface area contributed by atoms with Crippen molar-refractivity contribution in [3.63, 3.8) is 0 Å². The lowest BCUT2D eigenvalue weighted by atomic mass is 9.89. The molecule has 0 spiro atoms. The van der Waals surface area contributed by atoms with Crippen molar-refractivity contribution in [1.29, 1.82) is 0 Å². The van der Waals surface area contributed by atoms with E-state index in [2.05, 4.69) is 47.5 Å². The second kappa shape index (κ2) is 19.5. The number of carbonyl (C=O) groups excluding carboxylic acids is 1. The second-order valence-corrected chi connectivity index (χ2v) is 15.7. The number of alkyl halides is 6. The van der Waals surface area contributed by atoms with Crippen LogP contribution in [0.1, 0.15) is 58.6 Å². The Morgan fingerprint density at radius 2 is 1.44 bits per heavy atom. The summed E-state index contributed by atoms with van der Waals surface area (Å²) in [5.74, 6) is 1.48. The highest BCUT2D eigenvalue weighted by atomic mass is 35.5. The topological polar surface area (TPSA) is 110 Å². The van der Waals surface area contributed by atoms with E-state index in [4.69, 9.17) is 16.3 Å². The van der Waals surface area contributed by atoms with Gasteiger partial charge < -0.3 is 25.0 Å². The van der Waals surface area contributed by atoms with E-state index in [1.807, 2.05) is 19.1 Å². The molecule has 5 heterocycles. The number of piperidine rings is 1. The molecule has 0 radical (unpaired) electrons. The fraction of sp³-hybridized carbons (Fsp3) is 0.208. The van der Waals surface area contributed by atoms with Crippen molar-refractivity contribution in [2.75, 3.05) is 23.3 Å². The molecule has 2 N–H and O–H groups in total. The first-order valence-electron chi connectivity index (χ1n) is 20.8. The first kappa shape index (κ1) is 45.3. The van der Waals surface area contributed by atoms with Crippen LogP contribution in [0, 0.1) is 0 Å². The number of hydrogen-bond acceptors (Lipinski definition) is 8. The van der Waals surface area contributed by atoms with E-state index in [-0.39, 0.29) is 17.6 Å². The van der Waals surface area contributed by atoms with Crippen molar-refractivity contribution in [1.82, 2.24) is 29.3 Å². The van der Waals surface area contributed by atoms with Crippen LogP contribution in [0.4, 0.5) is 43.5 Å². The summed E-state index contributed by atoms with van der Waals surface area (Å²) < 4.78 is 87.9. The molecule has 0 aliphatic carbocycles.